The molecule has 39 heavy (non-hydrogen) atoms. The van der Waals surface area contributed by atoms with Gasteiger partial charge < -0.3 is 19.7 Å². The predicted molar refractivity (Wildman–Crippen MR) is 155 cm³/mol. The summed E-state index contributed by atoms with van der Waals surface area (Å²) in [5.74, 6) is 1.13. The van der Waals surface area contributed by atoms with Crippen molar-refractivity contribution in [2.24, 2.45) is 5.92 Å². The molecule has 2 atom stereocenters. The molecule has 2 unspecified atom stereocenters. The zero-order valence-corrected chi connectivity index (χ0v) is 25.0. The van der Waals surface area contributed by atoms with E-state index < -0.39 is 10.0 Å². The zero-order chi connectivity index (χ0) is 27.8. The number of piperidine rings is 1. The molecule has 10 heteroatoms. The van der Waals surface area contributed by atoms with Crippen LogP contribution in [0, 0.1) is 5.92 Å². The van der Waals surface area contributed by atoms with Gasteiger partial charge >= 0.3 is 0 Å². The monoisotopic (exact) mass is 577 g/mol. The smallest absolute Gasteiger partial charge is 0.246 e. The summed E-state index contributed by atoms with van der Waals surface area (Å²) >= 11 is 1.82. The van der Waals surface area contributed by atoms with Gasteiger partial charge in [-0.2, -0.15) is 4.31 Å². The maximum Gasteiger partial charge on any atom is 0.246 e. The van der Waals surface area contributed by atoms with Gasteiger partial charge in [-0.1, -0.05) is 12.5 Å². The summed E-state index contributed by atoms with van der Waals surface area (Å²) in [6.45, 7) is 0.863. The van der Waals surface area contributed by atoms with Crippen molar-refractivity contribution in [1.82, 2.24) is 14.5 Å². The van der Waals surface area contributed by atoms with E-state index >= 15 is 0 Å². The first-order valence-corrected chi connectivity index (χ1v) is 16.3. The lowest BCUT2D eigenvalue weighted by atomic mass is 9.80. The fraction of sp³-hybridized carbons (Fsp3) is 0.621. The minimum absolute atomic E-state index is 0.00734. The third-order valence-corrected chi connectivity index (χ3v) is 11.0. The summed E-state index contributed by atoms with van der Waals surface area (Å²) in [5, 5.41) is 5.30. The molecule has 2 heterocycles. The summed E-state index contributed by atoms with van der Waals surface area (Å²) in [4.78, 5) is 16.6. The number of benzene rings is 1. The van der Waals surface area contributed by atoms with E-state index in [1.165, 1.54) is 4.88 Å². The number of hydrogen-bond donors (Lipinski definition) is 1. The Balaban J connectivity index is 1.20. The number of carbonyl (C=O) groups is 1. The minimum Gasteiger partial charge on any atom is -0.497 e. The Morgan fingerprint density at radius 3 is 2.49 bits per heavy atom. The average molecular weight is 578 g/mol. The second kappa shape index (κ2) is 14.1. The van der Waals surface area contributed by atoms with Gasteiger partial charge in [0.25, 0.3) is 0 Å². The molecule has 1 aromatic carbocycles. The highest BCUT2D eigenvalue weighted by Crippen LogP contribution is 2.39. The van der Waals surface area contributed by atoms with Crippen LogP contribution in [0.15, 0.2) is 46.7 Å². The quantitative estimate of drug-likeness (QED) is 0.369. The molecule has 1 amide bonds. The van der Waals surface area contributed by atoms with Crippen molar-refractivity contribution in [1.29, 1.82) is 0 Å². The van der Waals surface area contributed by atoms with E-state index in [9.17, 15) is 13.2 Å². The molecule has 1 saturated carbocycles. The Morgan fingerprint density at radius 1 is 1.10 bits per heavy atom. The molecule has 1 aromatic heterocycles. The summed E-state index contributed by atoms with van der Waals surface area (Å²) in [5.41, 5.74) is 0. The third-order valence-electron chi connectivity index (χ3n) is 8.04. The SMILES string of the molecule is COc1ccc(S(=O)(=O)N2CCCCC2CCOCC(=O)NC2CCC(C(c3cccs3)N(C)C)CC2)cc1. The molecule has 216 valence electrons. The van der Waals surface area contributed by atoms with Crippen LogP contribution in [0.3, 0.4) is 0 Å². The first-order chi connectivity index (χ1) is 18.8. The van der Waals surface area contributed by atoms with Crippen molar-refractivity contribution in [2.75, 3.05) is 41.0 Å². The van der Waals surface area contributed by atoms with Crippen LogP contribution in [0.2, 0.25) is 0 Å². The molecule has 0 radical (unpaired) electrons. The number of thiophene rings is 1. The number of hydrogen-bond acceptors (Lipinski definition) is 7. The van der Waals surface area contributed by atoms with Gasteiger partial charge in [0.1, 0.15) is 12.4 Å². The van der Waals surface area contributed by atoms with Gasteiger partial charge in [-0.05, 0) is 101 Å². The first-order valence-electron chi connectivity index (χ1n) is 14.0. The van der Waals surface area contributed by atoms with Crippen LogP contribution in [0.25, 0.3) is 0 Å². The van der Waals surface area contributed by atoms with E-state index in [1.54, 1.807) is 35.7 Å². The Bertz CT molecular complexity index is 1130. The minimum atomic E-state index is -3.60. The second-order valence-corrected chi connectivity index (χ2v) is 13.8. The number of methoxy groups -OCH3 is 1. The van der Waals surface area contributed by atoms with Gasteiger partial charge in [-0.15, -0.1) is 11.3 Å². The first kappa shape index (κ1) is 30.0. The molecule has 1 N–H and O–H groups in total. The third kappa shape index (κ3) is 7.82. The number of sulfonamides is 1. The molecule has 1 aliphatic heterocycles. The van der Waals surface area contributed by atoms with E-state index in [0.29, 0.717) is 37.3 Å². The van der Waals surface area contributed by atoms with Crippen LogP contribution in [0.4, 0.5) is 0 Å². The lowest BCUT2D eigenvalue weighted by Crippen LogP contribution is -2.44. The summed E-state index contributed by atoms with van der Waals surface area (Å²) < 4.78 is 39.1. The van der Waals surface area contributed by atoms with Crippen LogP contribution in [-0.2, 0) is 19.6 Å². The molecule has 2 fully saturated rings. The van der Waals surface area contributed by atoms with Gasteiger partial charge in [-0.25, -0.2) is 8.42 Å². The van der Waals surface area contributed by atoms with Crippen molar-refractivity contribution in [3.63, 3.8) is 0 Å². The summed E-state index contributed by atoms with van der Waals surface area (Å²) in [7, 11) is 2.26. The molecule has 0 spiro atoms. The van der Waals surface area contributed by atoms with Crippen molar-refractivity contribution in [3.05, 3.63) is 46.7 Å². The maximum atomic E-state index is 13.3. The van der Waals surface area contributed by atoms with Crippen LogP contribution < -0.4 is 10.1 Å². The Kier molecular flexibility index (Phi) is 10.8. The Hall–Kier alpha value is -1.98. The van der Waals surface area contributed by atoms with Crippen LogP contribution >= 0.6 is 11.3 Å². The lowest BCUT2D eigenvalue weighted by Gasteiger charge is -2.37. The number of rotatable bonds is 12. The molecule has 2 aromatic rings. The van der Waals surface area contributed by atoms with Gasteiger partial charge in [0.05, 0.1) is 12.0 Å². The normalized spacial score (nSPS) is 23.4. The molecule has 4 rings (SSSR count). The molecule has 1 saturated heterocycles. The molecular weight excluding hydrogens is 534 g/mol. The standard InChI is InChI=1S/C29H43N3O5S2/c1-31(2)29(27-8-6-20-38-27)22-9-11-23(12-10-22)30-28(33)21-37-19-17-24-7-4-5-18-32(24)39(34,35)26-15-13-25(36-3)14-16-26/h6,8,13-16,20,22-24,29H,4-5,7,9-12,17-19,21H2,1-3H3,(H,30,33). The molecular formula is C29H43N3O5S2. The van der Waals surface area contributed by atoms with E-state index in [0.717, 1.165) is 44.9 Å². The predicted octanol–water partition coefficient (Wildman–Crippen LogP) is 4.68. The molecule has 2 aliphatic rings. The van der Waals surface area contributed by atoms with Gasteiger partial charge in [-0.3, -0.25) is 4.79 Å². The number of nitrogens with one attached hydrogen (secondary N) is 1. The topological polar surface area (TPSA) is 88.2 Å². The largest absolute Gasteiger partial charge is 0.497 e. The molecule has 0 bridgehead atoms. The fourth-order valence-electron chi connectivity index (χ4n) is 6.06. The summed E-state index contributed by atoms with van der Waals surface area (Å²) in [6.07, 6.45) is 7.35. The van der Waals surface area contributed by atoms with Crippen molar-refractivity contribution >= 4 is 27.3 Å². The van der Waals surface area contributed by atoms with Crippen LogP contribution in [-0.4, -0.2) is 76.6 Å². The fourth-order valence-corrected chi connectivity index (χ4v) is 8.80. The van der Waals surface area contributed by atoms with Crippen LogP contribution in [0.1, 0.15) is 62.3 Å². The van der Waals surface area contributed by atoms with Crippen LogP contribution in [0.5, 0.6) is 5.75 Å². The summed E-state index contributed by atoms with van der Waals surface area (Å²) in [6, 6.07) is 11.4. The highest BCUT2D eigenvalue weighted by Gasteiger charge is 2.34. The number of carbonyl (C=O) groups excluding carboxylic acids is 1. The van der Waals surface area contributed by atoms with Crippen molar-refractivity contribution < 1.29 is 22.7 Å². The van der Waals surface area contributed by atoms with E-state index in [2.05, 4.69) is 41.8 Å². The second-order valence-electron chi connectivity index (χ2n) is 10.9. The molecule has 1 aliphatic carbocycles. The zero-order valence-electron chi connectivity index (χ0n) is 23.4. The van der Waals surface area contributed by atoms with Crippen molar-refractivity contribution in [3.8, 4) is 5.75 Å². The van der Waals surface area contributed by atoms with Gasteiger partial charge in [0.15, 0.2) is 0 Å². The van der Waals surface area contributed by atoms with E-state index in [-0.39, 0.29) is 29.5 Å². The van der Waals surface area contributed by atoms with Gasteiger partial charge in [0, 0.05) is 36.2 Å². The maximum absolute atomic E-state index is 13.3. The van der Waals surface area contributed by atoms with E-state index in [4.69, 9.17) is 9.47 Å². The van der Waals surface area contributed by atoms with E-state index in [1.807, 2.05) is 11.3 Å². The Morgan fingerprint density at radius 2 is 1.85 bits per heavy atom. The van der Waals surface area contributed by atoms with Gasteiger partial charge in [0.2, 0.25) is 15.9 Å². The molecule has 8 nitrogen and oxygen atoms in total. The highest BCUT2D eigenvalue weighted by atomic mass is 32.2. The number of nitrogens with zero attached hydrogens (tertiary/aromatic N) is 2. The lowest BCUT2D eigenvalue weighted by molar-refractivity contribution is -0.126. The highest BCUT2D eigenvalue weighted by molar-refractivity contribution is 7.89. The average Bonchev–Trinajstić information content (AvgIpc) is 3.46. The number of amides is 1. The number of ether oxygens (including phenoxy) is 2. The Labute approximate surface area is 237 Å². The van der Waals surface area contributed by atoms with Crippen molar-refractivity contribution in [2.45, 2.75) is 74.4 Å².